The molecule has 11 heavy (non-hydrogen) atoms. The molecule has 1 rings (SSSR count). The third kappa shape index (κ3) is 2.37. The molecule has 1 aliphatic heterocycles. The summed E-state index contributed by atoms with van der Waals surface area (Å²) in [6.07, 6.45) is 2.05. The molecule has 1 aliphatic rings. The summed E-state index contributed by atoms with van der Waals surface area (Å²) in [6.45, 7) is 1.69. The molecule has 0 aromatic carbocycles. The Morgan fingerprint density at radius 3 is 2.18 bits per heavy atom. The van der Waals surface area contributed by atoms with Gasteiger partial charge in [-0.25, -0.2) is 9.21 Å². The normalized spacial score (nSPS) is 24.8. The fourth-order valence-corrected chi connectivity index (χ4v) is 3.21. The molecule has 0 aromatic heterocycles. The molecule has 0 radical (unpaired) electrons. The number of hydrogen-bond acceptors (Lipinski definition) is 1. The highest BCUT2D eigenvalue weighted by Crippen LogP contribution is 2.32. The Hall–Kier alpha value is -0.240. The van der Waals surface area contributed by atoms with Gasteiger partial charge in [-0.05, 0) is 31.3 Å². The lowest BCUT2D eigenvalue weighted by Crippen LogP contribution is -2.19. The molecule has 0 spiro atoms. The van der Waals surface area contributed by atoms with E-state index in [0.717, 1.165) is 24.3 Å². The number of carbonyl (C=O) groups is 1. The van der Waals surface area contributed by atoms with Crippen molar-refractivity contribution >= 4 is 26.7 Å². The summed E-state index contributed by atoms with van der Waals surface area (Å²) in [5.41, 5.74) is 0. The van der Waals surface area contributed by atoms with E-state index in [2.05, 4.69) is 11.7 Å². The van der Waals surface area contributed by atoms with E-state index in [9.17, 15) is 4.79 Å². The van der Waals surface area contributed by atoms with Crippen molar-refractivity contribution in [2.24, 2.45) is 5.92 Å². The standard InChI is InChI=1S/C9H16OS/c1-8(10)9-4-6-11(2,3)7-5-9/h9H,2-7H2,1H3. The van der Waals surface area contributed by atoms with Gasteiger partial charge < -0.3 is 0 Å². The highest BCUT2D eigenvalue weighted by atomic mass is 32.2. The fraction of sp³-hybridized carbons (Fsp3) is 0.667. The third-order valence-electron chi connectivity index (χ3n) is 2.37. The van der Waals surface area contributed by atoms with Crippen LogP contribution < -0.4 is 0 Å². The minimum absolute atomic E-state index is 0.319. The van der Waals surface area contributed by atoms with Gasteiger partial charge in [0.1, 0.15) is 5.78 Å². The van der Waals surface area contributed by atoms with Gasteiger partial charge in [0.25, 0.3) is 0 Å². The van der Waals surface area contributed by atoms with Crippen LogP contribution in [0.2, 0.25) is 0 Å². The molecule has 1 fully saturated rings. The lowest BCUT2D eigenvalue weighted by molar-refractivity contribution is -0.120. The minimum Gasteiger partial charge on any atom is -0.300 e. The molecule has 1 nitrogen and oxygen atoms in total. The fourth-order valence-electron chi connectivity index (χ4n) is 1.44. The van der Waals surface area contributed by atoms with Crippen molar-refractivity contribution in [2.75, 3.05) is 11.5 Å². The van der Waals surface area contributed by atoms with Crippen LogP contribution in [0.4, 0.5) is 0 Å². The van der Waals surface area contributed by atoms with Crippen LogP contribution >= 0.6 is 9.21 Å². The van der Waals surface area contributed by atoms with Crippen LogP contribution in [-0.2, 0) is 4.79 Å². The van der Waals surface area contributed by atoms with Gasteiger partial charge in [0.05, 0.1) is 0 Å². The second-order valence-electron chi connectivity index (χ2n) is 3.52. The Kier molecular flexibility index (Phi) is 2.43. The van der Waals surface area contributed by atoms with Crippen LogP contribution in [0.15, 0.2) is 0 Å². The molecule has 0 amide bonds. The Morgan fingerprint density at radius 2 is 1.82 bits per heavy atom. The summed E-state index contributed by atoms with van der Waals surface area (Å²) in [4.78, 5) is 11.0. The first-order valence-corrected chi connectivity index (χ1v) is 6.27. The molecule has 0 aromatic rings. The molecular formula is C9H16OS. The summed E-state index contributed by atoms with van der Waals surface area (Å²) >= 11 is 0. The van der Waals surface area contributed by atoms with Gasteiger partial charge in [-0.3, -0.25) is 4.79 Å². The highest BCUT2D eigenvalue weighted by molar-refractivity contribution is 8.27. The molecule has 0 bridgehead atoms. The van der Waals surface area contributed by atoms with Gasteiger partial charge in [0, 0.05) is 5.92 Å². The van der Waals surface area contributed by atoms with Crippen molar-refractivity contribution in [2.45, 2.75) is 19.8 Å². The van der Waals surface area contributed by atoms with E-state index in [4.69, 9.17) is 0 Å². The first-order valence-electron chi connectivity index (χ1n) is 3.96. The molecule has 64 valence electrons. The minimum atomic E-state index is -0.801. The predicted octanol–water partition coefficient (Wildman–Crippen LogP) is 1.65. The average Bonchev–Trinajstić information content (AvgIpc) is 1.86. The molecule has 0 aliphatic carbocycles. The van der Waals surface area contributed by atoms with Gasteiger partial charge in [-0.15, -0.1) is 0 Å². The second kappa shape index (κ2) is 3.02. The van der Waals surface area contributed by atoms with Crippen LogP contribution in [0.25, 0.3) is 0 Å². The third-order valence-corrected chi connectivity index (χ3v) is 4.58. The Balaban J connectivity index is 2.56. The molecule has 1 heterocycles. The quantitative estimate of drug-likeness (QED) is 0.550. The van der Waals surface area contributed by atoms with E-state index in [1.165, 1.54) is 0 Å². The zero-order chi connectivity index (χ0) is 8.48. The molecule has 0 N–H and O–H groups in total. The van der Waals surface area contributed by atoms with Gasteiger partial charge in [0.15, 0.2) is 0 Å². The summed E-state index contributed by atoms with van der Waals surface area (Å²) in [7, 11) is -0.801. The van der Waals surface area contributed by atoms with Crippen molar-refractivity contribution in [3.63, 3.8) is 0 Å². The molecule has 2 heteroatoms. The van der Waals surface area contributed by atoms with Gasteiger partial charge >= 0.3 is 0 Å². The number of hydrogen-bond donors (Lipinski definition) is 0. The van der Waals surface area contributed by atoms with Crippen LogP contribution in [0, 0.1) is 5.92 Å². The second-order valence-corrected chi connectivity index (χ2v) is 6.78. The van der Waals surface area contributed by atoms with E-state index >= 15 is 0 Å². The number of Topliss-reactive ketones (excluding diaryl/α,β-unsaturated/α-hetero) is 1. The Bertz CT molecular complexity index is 235. The summed E-state index contributed by atoms with van der Waals surface area (Å²) in [5, 5.41) is 0. The van der Waals surface area contributed by atoms with Crippen molar-refractivity contribution < 1.29 is 4.79 Å². The Morgan fingerprint density at radius 1 is 1.36 bits per heavy atom. The maximum atomic E-state index is 11.0. The van der Waals surface area contributed by atoms with Gasteiger partial charge in [0.2, 0.25) is 0 Å². The SMILES string of the molecule is C=S1(=C)CCC(C(C)=O)CC1. The van der Waals surface area contributed by atoms with E-state index in [0.29, 0.717) is 11.7 Å². The van der Waals surface area contributed by atoms with Gasteiger partial charge in [-0.1, -0.05) is 11.7 Å². The number of carbonyl (C=O) groups excluding carboxylic acids is 1. The molecule has 0 saturated carbocycles. The van der Waals surface area contributed by atoms with E-state index in [1.54, 1.807) is 6.92 Å². The van der Waals surface area contributed by atoms with Gasteiger partial charge in [-0.2, -0.15) is 0 Å². The molecular weight excluding hydrogens is 156 g/mol. The predicted molar refractivity (Wildman–Crippen MR) is 55.0 cm³/mol. The summed E-state index contributed by atoms with van der Waals surface area (Å²) in [6, 6.07) is 0. The van der Waals surface area contributed by atoms with E-state index in [-0.39, 0.29) is 0 Å². The topological polar surface area (TPSA) is 17.1 Å². The first-order chi connectivity index (χ1) is 5.01. The Labute approximate surface area is 69.3 Å². The lowest BCUT2D eigenvalue weighted by Gasteiger charge is -2.25. The molecule has 0 unspecified atom stereocenters. The summed E-state index contributed by atoms with van der Waals surface area (Å²) < 4.78 is 0. The van der Waals surface area contributed by atoms with Crippen molar-refractivity contribution in [3.8, 4) is 0 Å². The zero-order valence-corrected chi connectivity index (χ0v) is 7.95. The highest BCUT2D eigenvalue weighted by Gasteiger charge is 2.19. The number of rotatable bonds is 1. The first kappa shape index (κ1) is 8.85. The van der Waals surface area contributed by atoms with Crippen molar-refractivity contribution in [3.05, 3.63) is 0 Å². The van der Waals surface area contributed by atoms with E-state index in [1.807, 2.05) is 0 Å². The maximum Gasteiger partial charge on any atom is 0.132 e. The van der Waals surface area contributed by atoms with Crippen LogP contribution in [-0.4, -0.2) is 29.0 Å². The summed E-state index contributed by atoms with van der Waals surface area (Å²) in [5.74, 6) is 11.0. The number of ketones is 1. The van der Waals surface area contributed by atoms with Crippen molar-refractivity contribution in [1.29, 1.82) is 0 Å². The molecule has 1 saturated heterocycles. The largest absolute Gasteiger partial charge is 0.300 e. The average molecular weight is 172 g/mol. The molecule has 0 atom stereocenters. The lowest BCUT2D eigenvalue weighted by atomic mass is 9.99. The van der Waals surface area contributed by atoms with E-state index < -0.39 is 9.21 Å². The van der Waals surface area contributed by atoms with Crippen LogP contribution in [0.1, 0.15) is 19.8 Å². The maximum absolute atomic E-state index is 11.0. The van der Waals surface area contributed by atoms with Crippen molar-refractivity contribution in [1.82, 2.24) is 0 Å². The smallest absolute Gasteiger partial charge is 0.132 e. The van der Waals surface area contributed by atoms with Crippen LogP contribution in [0.5, 0.6) is 0 Å². The van der Waals surface area contributed by atoms with Crippen LogP contribution in [0.3, 0.4) is 0 Å². The zero-order valence-electron chi connectivity index (χ0n) is 7.14. The monoisotopic (exact) mass is 172 g/mol.